The van der Waals surface area contributed by atoms with E-state index >= 15 is 0 Å². The summed E-state index contributed by atoms with van der Waals surface area (Å²) in [5.74, 6) is 0.755. The molecule has 3 rings (SSSR count). The predicted octanol–water partition coefficient (Wildman–Crippen LogP) is 3.81. The van der Waals surface area contributed by atoms with Gasteiger partial charge in [0.25, 0.3) is 0 Å². The van der Waals surface area contributed by atoms with Gasteiger partial charge in [-0.15, -0.1) is 0 Å². The first-order valence-corrected chi connectivity index (χ1v) is 9.02. The van der Waals surface area contributed by atoms with E-state index in [-0.39, 0.29) is 17.4 Å². The molecule has 2 aliphatic heterocycles. The number of amides is 1. The molecule has 0 radical (unpaired) electrons. The Morgan fingerprint density at radius 3 is 2.35 bits per heavy atom. The van der Waals surface area contributed by atoms with Gasteiger partial charge in [-0.25, -0.2) is 0 Å². The van der Waals surface area contributed by atoms with Crippen LogP contribution >= 0.6 is 0 Å². The molecule has 2 fully saturated rings. The smallest absolute Gasteiger partial charge is 0.220 e. The molecule has 2 bridgehead atoms. The van der Waals surface area contributed by atoms with Crippen LogP contribution in [-0.4, -0.2) is 18.0 Å². The molecule has 0 saturated carbocycles. The van der Waals surface area contributed by atoms with Crippen molar-refractivity contribution in [1.82, 2.24) is 10.6 Å². The second-order valence-electron chi connectivity index (χ2n) is 8.46. The summed E-state index contributed by atoms with van der Waals surface area (Å²) >= 11 is 0. The molecule has 3 unspecified atom stereocenters. The Hall–Kier alpha value is -1.35. The molecule has 2 aliphatic rings. The lowest BCUT2D eigenvalue weighted by Gasteiger charge is -2.33. The number of hydrogen-bond acceptors (Lipinski definition) is 2. The number of rotatable bonds is 4. The molecule has 2 saturated heterocycles. The molecular weight excluding hydrogens is 284 g/mol. The lowest BCUT2D eigenvalue weighted by Crippen LogP contribution is -2.41. The van der Waals surface area contributed by atoms with Gasteiger partial charge in [-0.3, -0.25) is 4.79 Å². The lowest BCUT2D eigenvalue weighted by atomic mass is 9.82. The minimum absolute atomic E-state index is 0.00413. The van der Waals surface area contributed by atoms with Gasteiger partial charge in [-0.2, -0.15) is 0 Å². The first kappa shape index (κ1) is 16.5. The minimum atomic E-state index is 0.00413. The van der Waals surface area contributed by atoms with Crippen LogP contribution in [0.3, 0.4) is 0 Å². The second kappa shape index (κ2) is 6.64. The van der Waals surface area contributed by atoms with E-state index in [4.69, 9.17) is 0 Å². The quantitative estimate of drug-likeness (QED) is 0.887. The van der Waals surface area contributed by atoms with Crippen LogP contribution < -0.4 is 10.6 Å². The maximum atomic E-state index is 12.6. The first-order valence-electron chi connectivity index (χ1n) is 9.02. The molecule has 1 amide bonds. The number of carbonyl (C=O) groups is 1. The molecule has 23 heavy (non-hydrogen) atoms. The summed E-state index contributed by atoms with van der Waals surface area (Å²) in [5.41, 5.74) is 1.20. The van der Waals surface area contributed by atoms with Crippen LogP contribution in [-0.2, 0) is 4.79 Å². The summed E-state index contributed by atoms with van der Waals surface area (Å²) in [4.78, 5) is 12.6. The van der Waals surface area contributed by atoms with E-state index in [1.165, 1.54) is 18.4 Å². The van der Waals surface area contributed by atoms with E-state index in [1.807, 2.05) is 18.2 Å². The molecule has 0 spiro atoms. The Labute approximate surface area is 140 Å². The third-order valence-corrected chi connectivity index (χ3v) is 5.35. The maximum Gasteiger partial charge on any atom is 0.220 e. The number of fused-ring (bicyclic) bond motifs is 2. The molecule has 0 aromatic heterocycles. The van der Waals surface area contributed by atoms with Gasteiger partial charge >= 0.3 is 0 Å². The monoisotopic (exact) mass is 314 g/mol. The van der Waals surface area contributed by atoms with Gasteiger partial charge in [-0.05, 0) is 42.6 Å². The molecule has 126 valence electrons. The van der Waals surface area contributed by atoms with Crippen LogP contribution in [0.25, 0.3) is 0 Å². The molecule has 1 aromatic rings. The molecule has 3 nitrogen and oxygen atoms in total. The van der Waals surface area contributed by atoms with E-state index in [0.717, 1.165) is 12.8 Å². The van der Waals surface area contributed by atoms with Crippen molar-refractivity contribution in [1.29, 1.82) is 0 Å². The fourth-order valence-electron chi connectivity index (χ4n) is 4.27. The van der Waals surface area contributed by atoms with Crippen molar-refractivity contribution in [3.63, 3.8) is 0 Å². The maximum absolute atomic E-state index is 12.6. The Kier molecular flexibility index (Phi) is 4.77. The topological polar surface area (TPSA) is 41.1 Å². The average Bonchev–Trinajstić information content (AvgIpc) is 2.83. The zero-order valence-corrected chi connectivity index (χ0v) is 14.6. The average molecular weight is 314 g/mol. The van der Waals surface area contributed by atoms with Gasteiger partial charge in [0.1, 0.15) is 0 Å². The SMILES string of the molecule is CC(C)(C)C(NC(=O)CC1CC2CCC(C1)N2)c1ccccc1. The standard InChI is InChI=1S/C20H30N2O/c1-20(2,3)19(15-7-5-4-6-8-15)22-18(23)13-14-11-16-9-10-17(12-14)21-16/h4-8,14,16-17,19,21H,9-13H2,1-3H3,(H,22,23). The highest BCUT2D eigenvalue weighted by Gasteiger charge is 2.35. The summed E-state index contributed by atoms with van der Waals surface area (Å²) in [6.45, 7) is 6.57. The Balaban J connectivity index is 1.62. The molecule has 2 N–H and O–H groups in total. The molecule has 0 aliphatic carbocycles. The minimum Gasteiger partial charge on any atom is -0.349 e. The number of piperidine rings is 1. The van der Waals surface area contributed by atoms with Crippen molar-refractivity contribution in [2.45, 2.75) is 71.0 Å². The van der Waals surface area contributed by atoms with Crippen LogP contribution in [0.5, 0.6) is 0 Å². The van der Waals surface area contributed by atoms with E-state index < -0.39 is 0 Å². The van der Waals surface area contributed by atoms with Gasteiger partial charge in [0, 0.05) is 18.5 Å². The van der Waals surface area contributed by atoms with Crippen LogP contribution in [0.1, 0.15) is 64.5 Å². The van der Waals surface area contributed by atoms with Crippen molar-refractivity contribution < 1.29 is 4.79 Å². The first-order chi connectivity index (χ1) is 10.9. The zero-order valence-electron chi connectivity index (χ0n) is 14.6. The largest absolute Gasteiger partial charge is 0.349 e. The lowest BCUT2D eigenvalue weighted by molar-refractivity contribution is -0.123. The van der Waals surface area contributed by atoms with E-state index in [0.29, 0.717) is 24.4 Å². The summed E-state index contributed by atoms with van der Waals surface area (Å²) in [6, 6.07) is 11.7. The normalized spacial score (nSPS) is 28.4. The van der Waals surface area contributed by atoms with Gasteiger partial charge in [0.05, 0.1) is 6.04 Å². The third-order valence-electron chi connectivity index (χ3n) is 5.35. The predicted molar refractivity (Wildman–Crippen MR) is 94.1 cm³/mol. The van der Waals surface area contributed by atoms with E-state index in [9.17, 15) is 4.79 Å². The highest BCUT2D eigenvalue weighted by atomic mass is 16.1. The van der Waals surface area contributed by atoms with E-state index in [1.54, 1.807) is 0 Å². The number of benzene rings is 1. The molecule has 3 heteroatoms. The molecule has 3 atom stereocenters. The second-order valence-corrected chi connectivity index (χ2v) is 8.46. The fourth-order valence-corrected chi connectivity index (χ4v) is 4.27. The summed E-state index contributed by atoms with van der Waals surface area (Å²) in [6.07, 6.45) is 5.58. The summed E-state index contributed by atoms with van der Waals surface area (Å²) in [5, 5.41) is 6.96. The number of hydrogen-bond donors (Lipinski definition) is 2. The highest BCUT2D eigenvalue weighted by Crippen LogP contribution is 2.35. The summed E-state index contributed by atoms with van der Waals surface area (Å²) < 4.78 is 0. The van der Waals surface area contributed by atoms with Gasteiger partial charge in [0.2, 0.25) is 5.91 Å². The molecule has 2 heterocycles. The van der Waals surface area contributed by atoms with Gasteiger partial charge in [-0.1, -0.05) is 51.1 Å². The Morgan fingerprint density at radius 1 is 1.17 bits per heavy atom. The van der Waals surface area contributed by atoms with Crippen LogP contribution in [0.2, 0.25) is 0 Å². The third kappa shape index (κ3) is 4.14. The van der Waals surface area contributed by atoms with Crippen molar-refractivity contribution in [2.75, 3.05) is 0 Å². The van der Waals surface area contributed by atoms with E-state index in [2.05, 4.69) is 43.5 Å². The van der Waals surface area contributed by atoms with Gasteiger partial charge < -0.3 is 10.6 Å². The van der Waals surface area contributed by atoms with Gasteiger partial charge in [0.15, 0.2) is 0 Å². The summed E-state index contributed by atoms with van der Waals surface area (Å²) in [7, 11) is 0. The van der Waals surface area contributed by atoms with Crippen LogP contribution in [0.15, 0.2) is 30.3 Å². The number of carbonyl (C=O) groups excluding carboxylic acids is 1. The van der Waals surface area contributed by atoms with Crippen molar-refractivity contribution in [3.05, 3.63) is 35.9 Å². The molecule has 1 aromatic carbocycles. The van der Waals surface area contributed by atoms with Crippen molar-refractivity contribution in [2.24, 2.45) is 11.3 Å². The Morgan fingerprint density at radius 2 is 1.78 bits per heavy atom. The molecular formula is C20H30N2O. The van der Waals surface area contributed by atoms with Crippen molar-refractivity contribution in [3.8, 4) is 0 Å². The van der Waals surface area contributed by atoms with Crippen molar-refractivity contribution >= 4 is 5.91 Å². The van der Waals surface area contributed by atoms with Crippen LogP contribution in [0, 0.1) is 11.3 Å². The zero-order chi connectivity index (χ0) is 16.4. The van der Waals surface area contributed by atoms with Crippen LogP contribution in [0.4, 0.5) is 0 Å². The Bertz CT molecular complexity index is 522. The number of nitrogens with one attached hydrogen (secondary N) is 2. The highest BCUT2D eigenvalue weighted by molar-refractivity contribution is 5.76. The fraction of sp³-hybridized carbons (Fsp3) is 0.650.